The van der Waals surface area contributed by atoms with E-state index < -0.39 is 38.1 Å². The topological polar surface area (TPSA) is 72.8 Å². The molecule has 8 heteroatoms. The Morgan fingerprint density at radius 2 is 1.94 bits per heavy atom. The van der Waals surface area contributed by atoms with Gasteiger partial charge < -0.3 is 4.74 Å². The third-order valence-electron chi connectivity index (χ3n) is 2.45. The van der Waals surface area contributed by atoms with Gasteiger partial charge in [0.2, 0.25) is 5.78 Å². The molecule has 0 radical (unpaired) electrons. The van der Waals surface area contributed by atoms with Crippen LogP contribution in [0, 0.1) is 0 Å². The van der Waals surface area contributed by atoms with E-state index in [1.54, 1.807) is 6.92 Å². The first-order valence-corrected chi connectivity index (χ1v) is 6.46. The Balaban J connectivity index is 4.68. The van der Waals surface area contributed by atoms with Crippen molar-refractivity contribution < 1.29 is 32.3 Å². The molecule has 0 aromatic rings. The number of carbonyl (C=O) groups excluding carboxylic acids is 1. The highest BCUT2D eigenvalue weighted by molar-refractivity contribution is 7.32. The third-order valence-corrected chi connectivity index (χ3v) is 3.07. The molecule has 0 amide bonds. The van der Waals surface area contributed by atoms with Crippen molar-refractivity contribution >= 4 is 14.0 Å². The molecule has 0 aromatic heterocycles. The second-order valence-corrected chi connectivity index (χ2v) is 5.12. The number of alkyl halides is 2. The van der Waals surface area contributed by atoms with Crippen molar-refractivity contribution in [2.75, 3.05) is 7.11 Å². The second kappa shape index (κ2) is 6.61. The van der Waals surface area contributed by atoms with Gasteiger partial charge in [-0.15, -0.1) is 9.42 Å². The molecule has 0 aromatic carbocycles. The zero-order chi connectivity index (χ0) is 14.6. The van der Waals surface area contributed by atoms with E-state index in [9.17, 15) is 18.1 Å². The minimum atomic E-state index is -3.62. The smallest absolute Gasteiger partial charge is 0.382 e. The minimum absolute atomic E-state index is 0.00339. The molecule has 18 heavy (non-hydrogen) atoms. The maximum Gasteiger partial charge on any atom is 0.695 e. The van der Waals surface area contributed by atoms with E-state index in [0.717, 1.165) is 13.8 Å². The van der Waals surface area contributed by atoms with E-state index in [1.165, 1.54) is 7.11 Å². The highest BCUT2D eigenvalue weighted by Crippen LogP contribution is 2.34. The summed E-state index contributed by atoms with van der Waals surface area (Å²) in [5.41, 5.74) is -2.01. The largest absolute Gasteiger partial charge is 0.695 e. The monoisotopic (exact) mass is 287 g/mol. The molecular formula is C10H18F2O5P+. The van der Waals surface area contributed by atoms with Crippen LogP contribution >= 0.6 is 8.25 Å². The van der Waals surface area contributed by atoms with Gasteiger partial charge in [0.1, 0.15) is 0 Å². The molecule has 0 bridgehead atoms. The molecule has 2 unspecified atom stereocenters. The number of rotatable bonds is 8. The molecular weight excluding hydrogens is 269 g/mol. The number of halogens is 2. The SMILES string of the molecule is COC(C)CCC(F)(F)C(=O)C(C)(C)O[P+](=O)O. The van der Waals surface area contributed by atoms with Crippen LogP contribution < -0.4 is 0 Å². The van der Waals surface area contributed by atoms with E-state index in [2.05, 4.69) is 4.52 Å². The van der Waals surface area contributed by atoms with E-state index in [1.807, 2.05) is 0 Å². The zero-order valence-electron chi connectivity index (χ0n) is 10.8. The van der Waals surface area contributed by atoms with Gasteiger partial charge >= 0.3 is 14.2 Å². The summed E-state index contributed by atoms with van der Waals surface area (Å²) in [5.74, 6) is -5.14. The normalized spacial score (nSPS) is 15.4. The average molecular weight is 287 g/mol. The molecule has 0 aliphatic heterocycles. The Morgan fingerprint density at radius 3 is 2.33 bits per heavy atom. The molecule has 0 rings (SSSR count). The Kier molecular flexibility index (Phi) is 6.43. The molecule has 1 N–H and O–H groups in total. The van der Waals surface area contributed by atoms with Crippen LogP contribution in [0.15, 0.2) is 0 Å². The molecule has 2 atom stereocenters. The minimum Gasteiger partial charge on any atom is -0.382 e. The van der Waals surface area contributed by atoms with Gasteiger partial charge in [-0.2, -0.15) is 8.78 Å². The Morgan fingerprint density at radius 1 is 1.44 bits per heavy atom. The zero-order valence-corrected chi connectivity index (χ0v) is 11.7. The fourth-order valence-electron chi connectivity index (χ4n) is 1.29. The quantitative estimate of drug-likeness (QED) is 0.694. The summed E-state index contributed by atoms with van der Waals surface area (Å²) in [6.45, 7) is 3.67. The molecule has 0 fully saturated rings. The Hall–Kier alpha value is -0.490. The first kappa shape index (κ1) is 17.5. The first-order valence-electron chi connectivity index (χ1n) is 5.33. The molecule has 5 nitrogen and oxygen atoms in total. The molecule has 0 aliphatic carbocycles. The van der Waals surface area contributed by atoms with Crippen molar-refractivity contribution in [3.05, 3.63) is 0 Å². The summed E-state index contributed by atoms with van der Waals surface area (Å²) in [6.07, 6.45) is -1.10. The average Bonchev–Trinajstić information content (AvgIpc) is 2.23. The van der Waals surface area contributed by atoms with E-state index in [0.29, 0.717) is 0 Å². The van der Waals surface area contributed by atoms with Crippen LogP contribution in [0.4, 0.5) is 8.78 Å². The maximum absolute atomic E-state index is 13.6. The Bertz CT molecular complexity index is 319. The number of ether oxygens (including phenoxy) is 1. The van der Waals surface area contributed by atoms with Crippen molar-refractivity contribution in [2.24, 2.45) is 0 Å². The van der Waals surface area contributed by atoms with Crippen LogP contribution in [0.1, 0.15) is 33.6 Å². The van der Waals surface area contributed by atoms with Crippen LogP contribution in [0.5, 0.6) is 0 Å². The summed E-state index contributed by atoms with van der Waals surface area (Å²) in [5, 5.41) is 0. The van der Waals surface area contributed by atoms with Crippen LogP contribution in [-0.4, -0.2) is 35.4 Å². The van der Waals surface area contributed by atoms with Crippen LogP contribution in [-0.2, 0) is 18.6 Å². The predicted molar refractivity (Wildman–Crippen MR) is 60.6 cm³/mol. The first-order chi connectivity index (χ1) is 8.03. The molecule has 0 saturated carbocycles. The van der Waals surface area contributed by atoms with Crippen molar-refractivity contribution in [3.8, 4) is 0 Å². The van der Waals surface area contributed by atoms with Gasteiger partial charge in [-0.1, -0.05) is 0 Å². The lowest BCUT2D eigenvalue weighted by molar-refractivity contribution is -0.159. The lowest BCUT2D eigenvalue weighted by atomic mass is 9.94. The van der Waals surface area contributed by atoms with Gasteiger partial charge in [0, 0.05) is 18.1 Å². The fourth-order valence-corrected chi connectivity index (χ4v) is 1.77. The van der Waals surface area contributed by atoms with Crippen LogP contribution in [0.25, 0.3) is 0 Å². The van der Waals surface area contributed by atoms with E-state index in [-0.39, 0.29) is 6.42 Å². The number of methoxy groups -OCH3 is 1. The van der Waals surface area contributed by atoms with Crippen molar-refractivity contribution in [3.63, 3.8) is 0 Å². The summed E-state index contributed by atoms with van der Waals surface area (Å²) < 4.78 is 46.8. The van der Waals surface area contributed by atoms with Gasteiger partial charge in [0.15, 0.2) is 5.60 Å². The predicted octanol–water partition coefficient (Wildman–Crippen LogP) is 2.45. The van der Waals surface area contributed by atoms with Gasteiger partial charge in [-0.05, 0) is 27.2 Å². The van der Waals surface area contributed by atoms with Gasteiger partial charge in [-0.25, -0.2) is 0 Å². The lowest BCUT2D eigenvalue weighted by Crippen LogP contribution is -2.45. The molecule has 0 heterocycles. The van der Waals surface area contributed by atoms with Gasteiger partial charge in [-0.3, -0.25) is 4.79 Å². The highest BCUT2D eigenvalue weighted by Gasteiger charge is 2.51. The lowest BCUT2D eigenvalue weighted by Gasteiger charge is -2.23. The van der Waals surface area contributed by atoms with Crippen molar-refractivity contribution in [1.82, 2.24) is 0 Å². The standard InChI is InChI=1S/C10H17F2O5P/c1-7(16-4)5-6-10(11,12)8(13)9(2,3)17-18(14)15/h7H,5-6H2,1-4H3/p+1. The van der Waals surface area contributed by atoms with Gasteiger partial charge in [0.05, 0.1) is 6.10 Å². The summed E-state index contributed by atoms with van der Waals surface area (Å²) >= 11 is 0. The molecule has 0 spiro atoms. The second-order valence-electron chi connectivity index (χ2n) is 4.46. The molecule has 0 saturated heterocycles. The summed E-state index contributed by atoms with van der Waals surface area (Å²) in [7, 11) is -1.74. The number of hydrogen-bond acceptors (Lipinski definition) is 4. The fraction of sp³-hybridized carbons (Fsp3) is 0.900. The Labute approximate surface area is 105 Å². The van der Waals surface area contributed by atoms with Crippen LogP contribution in [0.3, 0.4) is 0 Å². The van der Waals surface area contributed by atoms with E-state index >= 15 is 0 Å². The molecule has 106 valence electrons. The van der Waals surface area contributed by atoms with Crippen molar-refractivity contribution in [2.45, 2.75) is 51.2 Å². The summed E-state index contributed by atoms with van der Waals surface area (Å²) in [4.78, 5) is 20.1. The molecule has 0 aliphatic rings. The third kappa shape index (κ3) is 5.44. The van der Waals surface area contributed by atoms with Gasteiger partial charge in [0.25, 0.3) is 0 Å². The van der Waals surface area contributed by atoms with Crippen LogP contribution in [0.2, 0.25) is 0 Å². The summed E-state index contributed by atoms with van der Waals surface area (Å²) in [6, 6.07) is 0. The number of Topliss-reactive ketones (excluding diaryl/α,β-unsaturated/α-hetero) is 1. The maximum atomic E-state index is 13.6. The van der Waals surface area contributed by atoms with Crippen molar-refractivity contribution in [1.29, 1.82) is 0 Å². The van der Waals surface area contributed by atoms with E-state index in [4.69, 9.17) is 9.63 Å². The number of ketones is 1. The number of hydrogen-bond donors (Lipinski definition) is 1. The number of carbonyl (C=O) groups is 1. The highest BCUT2D eigenvalue weighted by atomic mass is 31.1.